The van der Waals surface area contributed by atoms with Gasteiger partial charge in [0, 0.05) is 38.4 Å². The van der Waals surface area contributed by atoms with Gasteiger partial charge in [-0.1, -0.05) is 159 Å². The number of nitrogens with zero attached hydrogens (tertiary/aromatic N) is 5. The highest BCUT2D eigenvalue weighted by Crippen LogP contribution is 2.49. The number of fused-ring (bicyclic) bond motifs is 7. The van der Waals surface area contributed by atoms with E-state index in [0.29, 0.717) is 23.5 Å². The standard InChI is InChI=1S/C55H37N5O/c1-55(2)44-26-11-9-22-41(44)42-31-30-38(33-45(42)55)52-57-51(37-21-13-20-36(32-37)40-25-14-27-46-50(40)61-53(56-46)35-18-7-4-8-19-35)58-54(59-52)60-47-28-12-10-23-43(47)49-39(24-15-29-48(49)60)34-16-5-3-6-17-34/h3-33H,1-2H3. The zero-order valence-electron chi connectivity index (χ0n) is 33.5. The molecule has 61 heavy (non-hydrogen) atoms. The molecule has 0 saturated heterocycles. The molecule has 6 heteroatoms. The molecule has 0 radical (unpaired) electrons. The molecule has 3 heterocycles. The van der Waals surface area contributed by atoms with Gasteiger partial charge < -0.3 is 4.42 Å². The molecule has 1 aliphatic carbocycles. The van der Waals surface area contributed by atoms with Gasteiger partial charge in [0.25, 0.3) is 0 Å². The van der Waals surface area contributed by atoms with E-state index in [1.165, 1.54) is 22.3 Å². The molecule has 0 atom stereocenters. The molecule has 1 aliphatic rings. The number of hydrogen-bond acceptors (Lipinski definition) is 5. The van der Waals surface area contributed by atoms with Crippen molar-refractivity contribution in [3.63, 3.8) is 0 Å². The van der Waals surface area contributed by atoms with Crippen LogP contribution in [0.5, 0.6) is 0 Å². The predicted octanol–water partition coefficient (Wildman–Crippen LogP) is 13.8. The van der Waals surface area contributed by atoms with E-state index < -0.39 is 0 Å². The molecular weight excluding hydrogens is 747 g/mol. The van der Waals surface area contributed by atoms with Gasteiger partial charge >= 0.3 is 0 Å². The van der Waals surface area contributed by atoms with E-state index in [9.17, 15) is 0 Å². The van der Waals surface area contributed by atoms with Gasteiger partial charge in [-0.05, 0) is 81.4 Å². The van der Waals surface area contributed by atoms with E-state index in [4.69, 9.17) is 24.4 Å². The normalized spacial score (nSPS) is 12.9. The Hall–Kier alpha value is -7.96. The monoisotopic (exact) mass is 783 g/mol. The molecule has 11 aromatic rings. The molecule has 12 rings (SSSR count). The summed E-state index contributed by atoms with van der Waals surface area (Å²) >= 11 is 0. The fourth-order valence-electron chi connectivity index (χ4n) is 9.37. The minimum atomic E-state index is -0.183. The SMILES string of the molecule is CC1(C)c2ccccc2-c2ccc(-c3nc(-c4cccc(-c5cccc6nc(-c7ccccc7)oc56)c4)nc(-n4c5ccccc5c5c(-c6ccccc6)cccc54)n3)cc21. The maximum Gasteiger partial charge on any atom is 0.238 e. The molecule has 8 aromatic carbocycles. The number of para-hydroxylation sites is 2. The summed E-state index contributed by atoms with van der Waals surface area (Å²) < 4.78 is 8.67. The van der Waals surface area contributed by atoms with Crippen molar-refractivity contribution in [1.82, 2.24) is 24.5 Å². The Morgan fingerprint density at radius 2 is 1.03 bits per heavy atom. The Bertz CT molecular complexity index is 3510. The maximum absolute atomic E-state index is 6.47. The summed E-state index contributed by atoms with van der Waals surface area (Å²) in [6.45, 7) is 4.61. The van der Waals surface area contributed by atoms with Crippen molar-refractivity contribution in [3.05, 3.63) is 199 Å². The molecule has 0 bridgehead atoms. The van der Waals surface area contributed by atoms with Gasteiger partial charge in [0.2, 0.25) is 11.8 Å². The molecule has 0 aliphatic heterocycles. The van der Waals surface area contributed by atoms with Gasteiger partial charge in [-0.3, -0.25) is 4.57 Å². The Balaban J connectivity index is 1.07. The lowest BCUT2D eigenvalue weighted by molar-refractivity contribution is 0.621. The summed E-state index contributed by atoms with van der Waals surface area (Å²) in [6, 6.07) is 65.5. The Kier molecular flexibility index (Phi) is 7.78. The second-order valence-electron chi connectivity index (χ2n) is 16.3. The lowest BCUT2D eigenvalue weighted by atomic mass is 9.82. The first-order valence-corrected chi connectivity index (χ1v) is 20.6. The minimum absolute atomic E-state index is 0.183. The summed E-state index contributed by atoms with van der Waals surface area (Å²) in [7, 11) is 0. The molecule has 0 saturated carbocycles. The van der Waals surface area contributed by atoms with Crippen LogP contribution < -0.4 is 0 Å². The minimum Gasteiger partial charge on any atom is -0.435 e. The van der Waals surface area contributed by atoms with Gasteiger partial charge in [-0.25, -0.2) is 9.97 Å². The van der Waals surface area contributed by atoms with Gasteiger partial charge in [0.05, 0.1) is 11.0 Å². The van der Waals surface area contributed by atoms with Crippen LogP contribution in [0.1, 0.15) is 25.0 Å². The average Bonchev–Trinajstić information content (AvgIpc) is 3.98. The number of rotatable bonds is 6. The summed E-state index contributed by atoms with van der Waals surface area (Å²) in [5, 5.41) is 2.29. The van der Waals surface area contributed by atoms with E-state index in [2.05, 4.69) is 164 Å². The average molecular weight is 784 g/mol. The molecular formula is C55H37N5O. The first-order chi connectivity index (χ1) is 30.0. The van der Waals surface area contributed by atoms with Crippen LogP contribution >= 0.6 is 0 Å². The van der Waals surface area contributed by atoms with E-state index in [1.54, 1.807) is 0 Å². The Labute approximate surface area is 352 Å². The van der Waals surface area contributed by atoms with Gasteiger partial charge in [0.1, 0.15) is 5.52 Å². The number of benzene rings is 8. The quantitative estimate of drug-likeness (QED) is 0.168. The second-order valence-corrected chi connectivity index (χ2v) is 16.3. The topological polar surface area (TPSA) is 69.6 Å². The van der Waals surface area contributed by atoms with Crippen LogP contribution in [0.25, 0.3) is 106 Å². The van der Waals surface area contributed by atoms with Crippen LogP contribution in [0.2, 0.25) is 0 Å². The van der Waals surface area contributed by atoms with Crippen molar-refractivity contribution in [1.29, 1.82) is 0 Å². The zero-order chi connectivity index (χ0) is 40.7. The van der Waals surface area contributed by atoms with E-state index in [-0.39, 0.29) is 5.41 Å². The van der Waals surface area contributed by atoms with Gasteiger partial charge in [-0.2, -0.15) is 9.97 Å². The van der Waals surface area contributed by atoms with Gasteiger partial charge in [-0.15, -0.1) is 0 Å². The van der Waals surface area contributed by atoms with Crippen LogP contribution in [0, 0.1) is 0 Å². The van der Waals surface area contributed by atoms with E-state index >= 15 is 0 Å². The molecule has 0 unspecified atom stereocenters. The number of aromatic nitrogens is 5. The summed E-state index contributed by atoms with van der Waals surface area (Å²) in [5.41, 5.74) is 15.5. The van der Waals surface area contributed by atoms with Crippen molar-refractivity contribution in [3.8, 4) is 73.6 Å². The maximum atomic E-state index is 6.47. The Morgan fingerprint density at radius 3 is 1.87 bits per heavy atom. The predicted molar refractivity (Wildman–Crippen MR) is 246 cm³/mol. The van der Waals surface area contributed by atoms with Gasteiger partial charge in [0.15, 0.2) is 17.2 Å². The second kappa shape index (κ2) is 13.5. The Morgan fingerprint density at radius 1 is 0.426 bits per heavy atom. The molecule has 0 amide bonds. The lowest BCUT2D eigenvalue weighted by Crippen LogP contribution is -2.15. The summed E-state index contributed by atoms with van der Waals surface area (Å²) in [4.78, 5) is 20.9. The van der Waals surface area contributed by atoms with Crippen molar-refractivity contribution in [2.24, 2.45) is 0 Å². The molecule has 0 spiro atoms. The van der Waals surface area contributed by atoms with Crippen molar-refractivity contribution >= 4 is 32.9 Å². The number of hydrogen-bond donors (Lipinski definition) is 0. The van der Waals surface area contributed by atoms with Crippen molar-refractivity contribution < 1.29 is 4.42 Å². The molecule has 0 N–H and O–H groups in total. The summed E-state index contributed by atoms with van der Waals surface area (Å²) in [6.07, 6.45) is 0. The van der Waals surface area contributed by atoms with E-state index in [1.807, 2.05) is 42.5 Å². The smallest absolute Gasteiger partial charge is 0.238 e. The molecule has 0 fully saturated rings. The third-order valence-electron chi connectivity index (χ3n) is 12.3. The van der Waals surface area contributed by atoms with Crippen molar-refractivity contribution in [2.75, 3.05) is 0 Å². The fourth-order valence-corrected chi connectivity index (χ4v) is 9.37. The molecule has 3 aromatic heterocycles. The van der Waals surface area contributed by atoms with E-state index in [0.717, 1.165) is 71.8 Å². The van der Waals surface area contributed by atoms with Crippen molar-refractivity contribution in [2.45, 2.75) is 19.3 Å². The highest BCUT2D eigenvalue weighted by Gasteiger charge is 2.35. The molecule has 288 valence electrons. The van der Waals surface area contributed by atoms with Crippen LogP contribution in [0.3, 0.4) is 0 Å². The van der Waals surface area contributed by atoms with Crippen LogP contribution in [0.15, 0.2) is 192 Å². The van der Waals surface area contributed by atoms with Crippen LogP contribution in [-0.2, 0) is 5.41 Å². The first kappa shape index (κ1) is 35.0. The largest absolute Gasteiger partial charge is 0.435 e. The fraction of sp³-hybridized carbons (Fsp3) is 0.0545. The molecule has 6 nitrogen and oxygen atoms in total. The highest BCUT2D eigenvalue weighted by molar-refractivity contribution is 6.15. The van der Waals surface area contributed by atoms with Crippen LogP contribution in [0.4, 0.5) is 0 Å². The zero-order valence-corrected chi connectivity index (χ0v) is 33.5. The lowest BCUT2D eigenvalue weighted by Gasteiger charge is -2.21. The third kappa shape index (κ3) is 5.56. The number of oxazole rings is 1. The summed E-state index contributed by atoms with van der Waals surface area (Å²) in [5.74, 6) is 2.32. The third-order valence-corrected chi connectivity index (χ3v) is 12.3. The van der Waals surface area contributed by atoms with Crippen LogP contribution in [-0.4, -0.2) is 24.5 Å². The first-order valence-electron chi connectivity index (χ1n) is 20.6. The highest BCUT2D eigenvalue weighted by atomic mass is 16.3.